The Bertz CT molecular complexity index is 770. The van der Waals surface area contributed by atoms with Gasteiger partial charge in [0, 0.05) is 18.2 Å². The summed E-state index contributed by atoms with van der Waals surface area (Å²) >= 11 is 0. The number of amides is 1. The van der Waals surface area contributed by atoms with Crippen molar-refractivity contribution in [3.8, 4) is 0 Å². The van der Waals surface area contributed by atoms with Gasteiger partial charge in [-0.15, -0.1) is 0 Å². The zero-order chi connectivity index (χ0) is 17.2. The number of carbonyl (C=O) groups is 1. The van der Waals surface area contributed by atoms with Gasteiger partial charge in [-0.2, -0.15) is 0 Å². The fourth-order valence-corrected chi connectivity index (χ4v) is 3.79. The highest BCUT2D eigenvalue weighted by molar-refractivity contribution is 5.95. The van der Waals surface area contributed by atoms with Crippen LogP contribution < -0.4 is 5.32 Å². The number of likely N-dealkylation sites (tertiary alicyclic amines) is 1. The van der Waals surface area contributed by atoms with Crippen LogP contribution in [0.25, 0.3) is 0 Å². The van der Waals surface area contributed by atoms with E-state index in [0.717, 1.165) is 37.3 Å². The summed E-state index contributed by atoms with van der Waals surface area (Å²) in [6.45, 7) is 3.12. The highest BCUT2D eigenvalue weighted by Gasteiger charge is 2.45. The molecule has 1 saturated carbocycles. The number of nitrogens with one attached hydrogen (secondary N) is 1. The Hall–Kier alpha value is -2.20. The minimum absolute atomic E-state index is 0.00197. The lowest BCUT2D eigenvalue weighted by Gasteiger charge is -2.18. The first kappa shape index (κ1) is 16.3. The maximum Gasteiger partial charge on any atom is 0.228 e. The van der Waals surface area contributed by atoms with Crippen molar-refractivity contribution in [3.63, 3.8) is 0 Å². The largest absolute Gasteiger partial charge is 0.326 e. The smallest absolute Gasteiger partial charge is 0.228 e. The second-order valence-electron chi connectivity index (χ2n) is 7.10. The maximum absolute atomic E-state index is 13.9. The SMILES string of the molecule is O=C(Nc1ccccc1CN1CCCC1)C1CC1c1ccccc1F. The van der Waals surface area contributed by atoms with Gasteiger partial charge in [0.05, 0.1) is 0 Å². The van der Waals surface area contributed by atoms with Gasteiger partial charge in [0.25, 0.3) is 0 Å². The molecule has 2 aromatic carbocycles. The fourth-order valence-electron chi connectivity index (χ4n) is 3.79. The number of rotatable bonds is 5. The van der Waals surface area contributed by atoms with Gasteiger partial charge in [0.1, 0.15) is 5.82 Å². The first-order valence-corrected chi connectivity index (χ1v) is 9.08. The summed E-state index contributed by atoms with van der Waals surface area (Å²) in [5.74, 6) is -0.331. The molecule has 0 spiro atoms. The van der Waals surface area contributed by atoms with E-state index in [1.54, 1.807) is 12.1 Å². The minimum Gasteiger partial charge on any atom is -0.326 e. The molecule has 1 amide bonds. The number of hydrogen-bond donors (Lipinski definition) is 1. The standard InChI is InChI=1S/C21H23FN2O/c22-19-9-3-2-8-16(19)17-13-18(17)21(25)23-20-10-4-1-7-15(20)14-24-11-5-6-12-24/h1-4,7-10,17-18H,5-6,11-14H2,(H,23,25). The molecule has 1 N–H and O–H groups in total. The molecular formula is C21H23FN2O. The van der Waals surface area contributed by atoms with E-state index in [4.69, 9.17) is 0 Å². The minimum atomic E-state index is -0.211. The average Bonchev–Trinajstić information content (AvgIpc) is 3.25. The molecule has 2 aromatic rings. The predicted molar refractivity (Wildman–Crippen MR) is 96.8 cm³/mol. The van der Waals surface area contributed by atoms with Crippen LogP contribution in [0.15, 0.2) is 48.5 Å². The van der Waals surface area contributed by atoms with Crippen molar-refractivity contribution in [2.75, 3.05) is 18.4 Å². The lowest BCUT2D eigenvalue weighted by molar-refractivity contribution is -0.117. The number of carbonyl (C=O) groups excluding carboxylic acids is 1. The van der Waals surface area contributed by atoms with Gasteiger partial charge >= 0.3 is 0 Å². The van der Waals surface area contributed by atoms with Crippen LogP contribution in [0.5, 0.6) is 0 Å². The zero-order valence-electron chi connectivity index (χ0n) is 14.2. The third kappa shape index (κ3) is 3.59. The third-order valence-corrected chi connectivity index (χ3v) is 5.30. The Labute approximate surface area is 147 Å². The fraction of sp³-hybridized carbons (Fsp3) is 0.381. The van der Waals surface area contributed by atoms with Crippen LogP contribution in [-0.2, 0) is 11.3 Å². The van der Waals surface area contributed by atoms with Gasteiger partial charge in [0.2, 0.25) is 5.91 Å². The monoisotopic (exact) mass is 338 g/mol. The van der Waals surface area contributed by atoms with Gasteiger partial charge in [-0.25, -0.2) is 4.39 Å². The van der Waals surface area contributed by atoms with Gasteiger partial charge in [-0.3, -0.25) is 9.69 Å². The summed E-state index contributed by atoms with van der Waals surface area (Å²) in [5.41, 5.74) is 2.70. The first-order valence-electron chi connectivity index (χ1n) is 9.08. The van der Waals surface area contributed by atoms with E-state index in [-0.39, 0.29) is 23.6 Å². The van der Waals surface area contributed by atoms with E-state index in [2.05, 4.69) is 16.3 Å². The topological polar surface area (TPSA) is 32.3 Å². The Morgan fingerprint density at radius 1 is 1.08 bits per heavy atom. The van der Waals surface area contributed by atoms with Crippen molar-refractivity contribution in [3.05, 3.63) is 65.5 Å². The summed E-state index contributed by atoms with van der Waals surface area (Å²) < 4.78 is 13.9. The van der Waals surface area contributed by atoms with Crippen LogP contribution in [-0.4, -0.2) is 23.9 Å². The van der Waals surface area contributed by atoms with E-state index < -0.39 is 0 Å². The van der Waals surface area contributed by atoms with Crippen LogP contribution >= 0.6 is 0 Å². The van der Waals surface area contributed by atoms with Crippen molar-refractivity contribution < 1.29 is 9.18 Å². The van der Waals surface area contributed by atoms with Crippen LogP contribution in [0.3, 0.4) is 0 Å². The lowest BCUT2D eigenvalue weighted by atomic mass is 10.1. The number of anilines is 1. The van der Waals surface area contributed by atoms with Crippen LogP contribution in [0.4, 0.5) is 10.1 Å². The number of benzene rings is 2. The summed E-state index contributed by atoms with van der Waals surface area (Å²) in [4.78, 5) is 15.0. The summed E-state index contributed by atoms with van der Waals surface area (Å²) in [6.07, 6.45) is 3.23. The Morgan fingerprint density at radius 2 is 1.80 bits per heavy atom. The molecule has 1 saturated heterocycles. The normalized spacial score (nSPS) is 22.8. The summed E-state index contributed by atoms with van der Waals surface area (Å²) in [7, 11) is 0. The molecule has 3 nitrogen and oxygen atoms in total. The van der Waals surface area contributed by atoms with E-state index in [1.807, 2.05) is 24.3 Å². The molecule has 2 unspecified atom stereocenters. The van der Waals surface area contributed by atoms with Crippen molar-refractivity contribution in [2.45, 2.75) is 31.7 Å². The Kier molecular flexibility index (Phi) is 4.53. The molecule has 1 heterocycles. The molecule has 2 atom stereocenters. The maximum atomic E-state index is 13.9. The molecule has 1 aliphatic carbocycles. The van der Waals surface area contributed by atoms with Crippen molar-refractivity contribution in [1.29, 1.82) is 0 Å². The second kappa shape index (κ2) is 6.96. The third-order valence-electron chi connectivity index (χ3n) is 5.30. The molecule has 25 heavy (non-hydrogen) atoms. The molecule has 1 aliphatic heterocycles. The Balaban J connectivity index is 1.43. The zero-order valence-corrected chi connectivity index (χ0v) is 14.2. The quantitative estimate of drug-likeness (QED) is 0.888. The van der Waals surface area contributed by atoms with E-state index in [9.17, 15) is 9.18 Å². The molecular weight excluding hydrogens is 315 g/mol. The average molecular weight is 338 g/mol. The van der Waals surface area contributed by atoms with Gasteiger partial charge < -0.3 is 5.32 Å². The predicted octanol–water partition coefficient (Wildman–Crippen LogP) is 4.16. The highest BCUT2D eigenvalue weighted by atomic mass is 19.1. The van der Waals surface area contributed by atoms with Crippen molar-refractivity contribution in [1.82, 2.24) is 4.90 Å². The van der Waals surface area contributed by atoms with Gasteiger partial charge in [0.15, 0.2) is 0 Å². The molecule has 2 aliphatic rings. The van der Waals surface area contributed by atoms with Crippen molar-refractivity contribution in [2.24, 2.45) is 5.92 Å². The Morgan fingerprint density at radius 3 is 2.60 bits per heavy atom. The van der Waals surface area contributed by atoms with Crippen molar-refractivity contribution >= 4 is 11.6 Å². The molecule has 4 heteroatoms. The number of hydrogen-bond acceptors (Lipinski definition) is 2. The van der Waals surface area contributed by atoms with Crippen LogP contribution in [0.2, 0.25) is 0 Å². The van der Waals surface area contributed by atoms with E-state index in [0.29, 0.717) is 5.56 Å². The molecule has 0 aromatic heterocycles. The molecule has 4 rings (SSSR count). The molecule has 2 fully saturated rings. The number of para-hydroxylation sites is 1. The summed E-state index contributed by atoms with van der Waals surface area (Å²) in [5, 5.41) is 3.08. The molecule has 130 valence electrons. The summed E-state index contributed by atoms with van der Waals surface area (Å²) in [6, 6.07) is 14.8. The van der Waals surface area contributed by atoms with Gasteiger partial charge in [-0.1, -0.05) is 36.4 Å². The second-order valence-corrected chi connectivity index (χ2v) is 7.10. The van der Waals surface area contributed by atoms with E-state index in [1.165, 1.54) is 18.9 Å². The lowest BCUT2D eigenvalue weighted by Crippen LogP contribution is -2.21. The molecule has 0 radical (unpaired) electrons. The number of halogens is 1. The highest BCUT2D eigenvalue weighted by Crippen LogP contribution is 2.48. The first-order chi connectivity index (χ1) is 12.2. The van der Waals surface area contributed by atoms with Gasteiger partial charge in [-0.05, 0) is 61.5 Å². The number of nitrogens with zero attached hydrogens (tertiary/aromatic N) is 1. The van der Waals surface area contributed by atoms with Crippen LogP contribution in [0, 0.1) is 11.7 Å². The van der Waals surface area contributed by atoms with Crippen LogP contribution in [0.1, 0.15) is 36.3 Å². The molecule has 0 bridgehead atoms. The van der Waals surface area contributed by atoms with E-state index >= 15 is 0 Å².